The van der Waals surface area contributed by atoms with Crippen LogP contribution in [0, 0.1) is 11.8 Å². The van der Waals surface area contributed by atoms with E-state index in [9.17, 15) is 4.79 Å². The van der Waals surface area contributed by atoms with E-state index in [1.807, 2.05) is 0 Å². The first-order chi connectivity index (χ1) is 7.27. The van der Waals surface area contributed by atoms with Gasteiger partial charge >= 0.3 is 0 Å². The van der Waals surface area contributed by atoms with E-state index in [1.165, 1.54) is 12.8 Å². The summed E-state index contributed by atoms with van der Waals surface area (Å²) in [7, 11) is 0. The molecule has 1 N–H and O–H groups in total. The molecular formula is C12H22N2O. The van der Waals surface area contributed by atoms with Crippen LogP contribution in [0.2, 0.25) is 0 Å². The summed E-state index contributed by atoms with van der Waals surface area (Å²) in [6.07, 6.45) is 4.71. The number of carbonyl (C=O) groups excluding carboxylic acids is 1. The van der Waals surface area contributed by atoms with E-state index in [-0.39, 0.29) is 0 Å². The van der Waals surface area contributed by atoms with Crippen LogP contribution in [-0.4, -0.2) is 37.0 Å². The van der Waals surface area contributed by atoms with Crippen LogP contribution in [0.4, 0.5) is 0 Å². The molecule has 3 heteroatoms. The Bertz CT molecular complexity index is 216. The lowest BCUT2D eigenvalue weighted by Gasteiger charge is -2.33. The molecule has 15 heavy (non-hydrogen) atoms. The highest BCUT2D eigenvalue weighted by Gasteiger charge is 2.28. The molecule has 1 heterocycles. The molecule has 0 bridgehead atoms. The van der Waals surface area contributed by atoms with Gasteiger partial charge in [0.1, 0.15) is 0 Å². The predicted octanol–water partition coefficient (Wildman–Crippen LogP) is 1.24. The Hall–Kier alpha value is -0.570. The maximum atomic E-state index is 12.2. The van der Waals surface area contributed by atoms with Crippen molar-refractivity contribution >= 4 is 5.91 Å². The fraction of sp³-hybridized carbons (Fsp3) is 0.917. The van der Waals surface area contributed by atoms with Gasteiger partial charge in [-0.2, -0.15) is 0 Å². The summed E-state index contributed by atoms with van der Waals surface area (Å²) in [5.74, 6) is 1.58. The monoisotopic (exact) mass is 210 g/mol. The second-order valence-corrected chi connectivity index (χ2v) is 5.03. The smallest absolute Gasteiger partial charge is 0.225 e. The molecule has 0 aromatic heterocycles. The lowest BCUT2D eigenvalue weighted by Crippen LogP contribution is -2.48. The molecule has 1 saturated carbocycles. The normalized spacial score (nSPS) is 32.7. The van der Waals surface area contributed by atoms with E-state index in [0.29, 0.717) is 11.8 Å². The molecule has 1 aliphatic carbocycles. The largest absolute Gasteiger partial charge is 0.340 e. The summed E-state index contributed by atoms with van der Waals surface area (Å²) >= 11 is 0. The molecule has 0 aromatic rings. The minimum absolute atomic E-state index is 0.333. The fourth-order valence-electron chi connectivity index (χ4n) is 2.65. The van der Waals surface area contributed by atoms with Crippen LogP contribution in [0.1, 0.15) is 32.6 Å². The lowest BCUT2D eigenvalue weighted by atomic mass is 9.82. The van der Waals surface area contributed by atoms with E-state index >= 15 is 0 Å². The first-order valence-electron chi connectivity index (χ1n) is 6.27. The van der Waals surface area contributed by atoms with Crippen molar-refractivity contribution in [3.05, 3.63) is 0 Å². The van der Waals surface area contributed by atoms with Gasteiger partial charge in [0.2, 0.25) is 5.91 Å². The Labute approximate surface area is 92.2 Å². The van der Waals surface area contributed by atoms with E-state index in [0.717, 1.165) is 44.9 Å². The highest BCUT2D eigenvalue weighted by Crippen LogP contribution is 2.29. The maximum absolute atomic E-state index is 12.2. The van der Waals surface area contributed by atoms with Crippen molar-refractivity contribution in [2.24, 2.45) is 11.8 Å². The third-order valence-electron chi connectivity index (χ3n) is 3.79. The number of amides is 1. The number of hydrogen-bond donors (Lipinski definition) is 1. The van der Waals surface area contributed by atoms with Crippen molar-refractivity contribution in [2.75, 3.05) is 26.2 Å². The van der Waals surface area contributed by atoms with Gasteiger partial charge in [-0.1, -0.05) is 6.92 Å². The van der Waals surface area contributed by atoms with Gasteiger partial charge in [-0.15, -0.1) is 0 Å². The number of carbonyl (C=O) groups is 1. The zero-order chi connectivity index (χ0) is 10.7. The number of piperazine rings is 1. The average molecular weight is 210 g/mol. The van der Waals surface area contributed by atoms with Crippen LogP contribution < -0.4 is 5.32 Å². The number of hydrogen-bond acceptors (Lipinski definition) is 2. The molecule has 3 nitrogen and oxygen atoms in total. The molecule has 1 amide bonds. The summed E-state index contributed by atoms with van der Waals surface area (Å²) in [5.41, 5.74) is 0. The van der Waals surface area contributed by atoms with Crippen LogP contribution in [0.15, 0.2) is 0 Å². The highest BCUT2D eigenvalue weighted by molar-refractivity contribution is 5.79. The van der Waals surface area contributed by atoms with Crippen LogP contribution in [0.3, 0.4) is 0 Å². The van der Waals surface area contributed by atoms with Gasteiger partial charge in [-0.05, 0) is 31.6 Å². The van der Waals surface area contributed by atoms with Gasteiger partial charge in [0.25, 0.3) is 0 Å². The van der Waals surface area contributed by atoms with Crippen LogP contribution in [-0.2, 0) is 4.79 Å². The Balaban J connectivity index is 1.84. The molecule has 2 fully saturated rings. The van der Waals surface area contributed by atoms with Gasteiger partial charge in [-0.25, -0.2) is 0 Å². The summed E-state index contributed by atoms with van der Waals surface area (Å²) in [5, 5.41) is 3.29. The molecule has 1 aliphatic heterocycles. The zero-order valence-corrected chi connectivity index (χ0v) is 9.67. The molecule has 2 aliphatic rings. The van der Waals surface area contributed by atoms with Crippen molar-refractivity contribution in [2.45, 2.75) is 32.6 Å². The van der Waals surface area contributed by atoms with E-state index in [4.69, 9.17) is 0 Å². The van der Waals surface area contributed by atoms with E-state index < -0.39 is 0 Å². The van der Waals surface area contributed by atoms with Crippen molar-refractivity contribution in [1.82, 2.24) is 10.2 Å². The molecule has 0 aromatic carbocycles. The van der Waals surface area contributed by atoms with Crippen LogP contribution in [0.5, 0.6) is 0 Å². The van der Waals surface area contributed by atoms with Crippen LogP contribution in [0.25, 0.3) is 0 Å². The third-order valence-corrected chi connectivity index (χ3v) is 3.79. The van der Waals surface area contributed by atoms with Crippen LogP contribution >= 0.6 is 0 Å². The van der Waals surface area contributed by atoms with Gasteiger partial charge in [-0.3, -0.25) is 4.79 Å². The van der Waals surface area contributed by atoms with E-state index in [1.54, 1.807) is 0 Å². The molecule has 0 unspecified atom stereocenters. The second kappa shape index (κ2) is 4.97. The zero-order valence-electron chi connectivity index (χ0n) is 9.67. The lowest BCUT2D eigenvalue weighted by molar-refractivity contribution is -0.137. The molecule has 0 spiro atoms. The Kier molecular flexibility index (Phi) is 3.62. The van der Waals surface area contributed by atoms with Crippen molar-refractivity contribution in [3.8, 4) is 0 Å². The summed E-state index contributed by atoms with van der Waals surface area (Å²) < 4.78 is 0. The standard InChI is InChI=1S/C12H22N2O/c1-10-2-4-11(5-3-10)12(15)14-8-6-13-7-9-14/h10-11,13H,2-9H2,1H3/t10-,11+. The van der Waals surface area contributed by atoms with Gasteiger partial charge < -0.3 is 10.2 Å². The molecular weight excluding hydrogens is 188 g/mol. The second-order valence-electron chi connectivity index (χ2n) is 5.03. The maximum Gasteiger partial charge on any atom is 0.225 e. The first-order valence-corrected chi connectivity index (χ1v) is 6.27. The third kappa shape index (κ3) is 2.71. The topological polar surface area (TPSA) is 32.3 Å². The van der Waals surface area contributed by atoms with E-state index in [2.05, 4.69) is 17.1 Å². The first kappa shape index (κ1) is 10.9. The van der Waals surface area contributed by atoms with Crippen molar-refractivity contribution in [3.63, 3.8) is 0 Å². The number of nitrogens with zero attached hydrogens (tertiary/aromatic N) is 1. The molecule has 2 rings (SSSR count). The summed E-state index contributed by atoms with van der Waals surface area (Å²) in [6, 6.07) is 0. The highest BCUT2D eigenvalue weighted by atomic mass is 16.2. The van der Waals surface area contributed by atoms with Crippen molar-refractivity contribution in [1.29, 1.82) is 0 Å². The Morgan fingerprint density at radius 3 is 2.33 bits per heavy atom. The quantitative estimate of drug-likeness (QED) is 0.706. The van der Waals surface area contributed by atoms with Gasteiger partial charge in [0.15, 0.2) is 0 Å². The molecule has 86 valence electrons. The van der Waals surface area contributed by atoms with Gasteiger partial charge in [0, 0.05) is 32.1 Å². The molecule has 0 radical (unpaired) electrons. The predicted molar refractivity (Wildman–Crippen MR) is 60.6 cm³/mol. The number of nitrogens with one attached hydrogen (secondary N) is 1. The SMILES string of the molecule is C[C@H]1CC[C@@H](C(=O)N2CCNCC2)CC1. The minimum atomic E-state index is 0.333. The summed E-state index contributed by atoms with van der Waals surface area (Å²) in [4.78, 5) is 14.2. The minimum Gasteiger partial charge on any atom is -0.340 e. The average Bonchev–Trinajstić information content (AvgIpc) is 2.30. The Morgan fingerprint density at radius 1 is 1.13 bits per heavy atom. The number of rotatable bonds is 1. The Morgan fingerprint density at radius 2 is 1.73 bits per heavy atom. The molecule has 0 atom stereocenters. The molecule has 1 saturated heterocycles. The summed E-state index contributed by atoms with van der Waals surface area (Å²) in [6.45, 7) is 6.05. The fourth-order valence-corrected chi connectivity index (χ4v) is 2.65. The van der Waals surface area contributed by atoms with Gasteiger partial charge in [0.05, 0.1) is 0 Å². The van der Waals surface area contributed by atoms with Crippen molar-refractivity contribution < 1.29 is 4.79 Å².